The number of halogens is 1. The minimum absolute atomic E-state index is 0.0618. The van der Waals surface area contributed by atoms with Gasteiger partial charge in [-0.2, -0.15) is 10.4 Å². The largest absolute Gasteiger partial charge is 0.504 e. The van der Waals surface area contributed by atoms with Crippen LogP contribution in [0, 0.1) is 24.1 Å². The van der Waals surface area contributed by atoms with Crippen molar-refractivity contribution in [2.45, 2.75) is 25.8 Å². The average Bonchev–Trinajstić information content (AvgIpc) is 3.21. The average molecular weight is 449 g/mol. The van der Waals surface area contributed by atoms with Crippen molar-refractivity contribution in [1.29, 1.82) is 5.26 Å². The number of amides is 1. The fraction of sp³-hybridized carbons (Fsp3) is 0.333. The van der Waals surface area contributed by atoms with E-state index in [0.717, 1.165) is 19.4 Å². The van der Waals surface area contributed by atoms with Gasteiger partial charge in [-0.15, -0.1) is 0 Å². The van der Waals surface area contributed by atoms with E-state index < -0.39 is 5.82 Å². The fourth-order valence-electron chi connectivity index (χ4n) is 4.09. The summed E-state index contributed by atoms with van der Waals surface area (Å²) >= 11 is 0. The van der Waals surface area contributed by atoms with E-state index in [9.17, 15) is 14.3 Å². The molecule has 0 bridgehead atoms. The van der Waals surface area contributed by atoms with Crippen molar-refractivity contribution in [2.75, 3.05) is 27.2 Å². The molecule has 1 aliphatic rings. The van der Waals surface area contributed by atoms with Gasteiger partial charge in [-0.25, -0.2) is 14.1 Å². The first-order valence-corrected chi connectivity index (χ1v) is 10.7. The van der Waals surface area contributed by atoms with Gasteiger partial charge in [0.05, 0.1) is 17.3 Å². The number of aromatic nitrogens is 3. The van der Waals surface area contributed by atoms with Gasteiger partial charge in [-0.1, -0.05) is 6.07 Å². The van der Waals surface area contributed by atoms with E-state index in [4.69, 9.17) is 5.26 Å². The number of likely N-dealkylation sites (tertiary alicyclic amines) is 1. The van der Waals surface area contributed by atoms with Crippen LogP contribution in [0.4, 0.5) is 4.39 Å². The molecule has 1 fully saturated rings. The Morgan fingerprint density at radius 1 is 1.30 bits per heavy atom. The number of carbonyl (C=O) groups excluding carboxylic acids is 1. The molecule has 1 aromatic carbocycles. The van der Waals surface area contributed by atoms with Gasteiger partial charge in [0.25, 0.3) is 5.91 Å². The Balaban J connectivity index is 1.57. The van der Waals surface area contributed by atoms with Gasteiger partial charge in [0.15, 0.2) is 11.6 Å². The first-order valence-electron chi connectivity index (χ1n) is 10.7. The molecule has 0 unspecified atom stereocenters. The van der Waals surface area contributed by atoms with Gasteiger partial charge in [0, 0.05) is 30.9 Å². The summed E-state index contributed by atoms with van der Waals surface area (Å²) in [6, 6.07) is 8.40. The van der Waals surface area contributed by atoms with Crippen LogP contribution in [-0.4, -0.2) is 68.8 Å². The van der Waals surface area contributed by atoms with Crippen LogP contribution in [0.15, 0.2) is 36.7 Å². The van der Waals surface area contributed by atoms with Gasteiger partial charge in [-0.3, -0.25) is 4.79 Å². The van der Waals surface area contributed by atoms with Gasteiger partial charge in [0.2, 0.25) is 0 Å². The van der Waals surface area contributed by atoms with Crippen LogP contribution < -0.4 is 0 Å². The first-order chi connectivity index (χ1) is 15.8. The molecule has 33 heavy (non-hydrogen) atoms. The first kappa shape index (κ1) is 22.4. The van der Waals surface area contributed by atoms with E-state index in [2.05, 4.69) is 15.0 Å². The highest BCUT2D eigenvalue weighted by Gasteiger charge is 2.26. The van der Waals surface area contributed by atoms with Crippen molar-refractivity contribution in [3.63, 3.8) is 0 Å². The van der Waals surface area contributed by atoms with Gasteiger partial charge in [0.1, 0.15) is 17.6 Å². The van der Waals surface area contributed by atoms with Crippen LogP contribution in [-0.2, 0) is 0 Å². The van der Waals surface area contributed by atoms with Crippen molar-refractivity contribution in [1.82, 2.24) is 24.6 Å². The molecule has 0 spiro atoms. The number of benzene rings is 1. The van der Waals surface area contributed by atoms with Crippen LogP contribution in [0.25, 0.3) is 17.1 Å². The highest BCUT2D eigenvalue weighted by atomic mass is 19.1. The van der Waals surface area contributed by atoms with E-state index in [1.54, 1.807) is 24.3 Å². The molecular weight excluding hydrogens is 423 g/mol. The zero-order valence-corrected chi connectivity index (χ0v) is 18.8. The summed E-state index contributed by atoms with van der Waals surface area (Å²) in [5.41, 5.74) is 1.21. The lowest BCUT2D eigenvalue weighted by atomic mass is 10.0. The van der Waals surface area contributed by atoms with Gasteiger partial charge >= 0.3 is 0 Å². The van der Waals surface area contributed by atoms with E-state index in [-0.39, 0.29) is 28.5 Å². The molecule has 0 radical (unpaired) electrons. The van der Waals surface area contributed by atoms with E-state index in [1.807, 2.05) is 19.0 Å². The Morgan fingerprint density at radius 3 is 2.76 bits per heavy atom. The maximum atomic E-state index is 14.4. The van der Waals surface area contributed by atoms with Crippen LogP contribution in [0.1, 0.15) is 34.3 Å². The van der Waals surface area contributed by atoms with Crippen molar-refractivity contribution in [3.05, 3.63) is 59.2 Å². The van der Waals surface area contributed by atoms with Crippen LogP contribution in [0.2, 0.25) is 0 Å². The number of nitrogens with zero attached hydrogens (tertiary/aromatic N) is 6. The predicted molar refractivity (Wildman–Crippen MR) is 120 cm³/mol. The minimum Gasteiger partial charge on any atom is -0.504 e. The molecule has 9 heteroatoms. The molecular formula is C24H25FN6O2. The summed E-state index contributed by atoms with van der Waals surface area (Å²) < 4.78 is 15.7. The number of rotatable bonds is 4. The van der Waals surface area contributed by atoms with E-state index in [1.165, 1.54) is 30.1 Å². The lowest BCUT2D eigenvalue weighted by Gasteiger charge is -2.36. The topological polar surface area (TPSA) is 98.3 Å². The van der Waals surface area contributed by atoms with E-state index in [0.29, 0.717) is 29.5 Å². The Hall–Kier alpha value is -3.77. The molecule has 4 rings (SSSR count). The van der Waals surface area contributed by atoms with Crippen molar-refractivity contribution >= 4 is 5.91 Å². The maximum absolute atomic E-state index is 14.4. The highest BCUT2D eigenvalue weighted by Crippen LogP contribution is 2.32. The summed E-state index contributed by atoms with van der Waals surface area (Å²) in [5.74, 6) is -0.440. The molecule has 170 valence electrons. The zero-order chi connectivity index (χ0) is 23.7. The number of hydrogen-bond donors (Lipinski definition) is 1. The van der Waals surface area contributed by atoms with Gasteiger partial charge in [-0.05, 0) is 57.6 Å². The molecule has 0 saturated carbocycles. The monoisotopic (exact) mass is 448 g/mol. The van der Waals surface area contributed by atoms with Crippen LogP contribution >= 0.6 is 0 Å². The number of hydrogen-bond acceptors (Lipinski definition) is 6. The Kier molecular flexibility index (Phi) is 6.11. The lowest BCUT2D eigenvalue weighted by molar-refractivity contribution is 0.0634. The number of aromatic hydroxyl groups is 1. The molecule has 1 aliphatic heterocycles. The Labute approximate surface area is 191 Å². The number of likely N-dealkylation sites (N-methyl/N-ethyl adjacent to an activating group) is 1. The predicted octanol–water partition coefficient (Wildman–Crippen LogP) is 3.13. The molecule has 3 heterocycles. The molecule has 3 aromatic rings. The molecule has 1 amide bonds. The van der Waals surface area contributed by atoms with Crippen LogP contribution in [0.5, 0.6) is 5.75 Å². The minimum atomic E-state index is -0.640. The zero-order valence-electron chi connectivity index (χ0n) is 18.8. The molecule has 1 N–H and O–H groups in total. The molecule has 2 aromatic heterocycles. The molecule has 8 nitrogen and oxygen atoms in total. The van der Waals surface area contributed by atoms with Crippen molar-refractivity contribution in [2.24, 2.45) is 0 Å². The number of piperidine rings is 1. The summed E-state index contributed by atoms with van der Waals surface area (Å²) in [4.78, 5) is 21.3. The third kappa shape index (κ3) is 4.30. The highest BCUT2D eigenvalue weighted by molar-refractivity contribution is 5.94. The quantitative estimate of drug-likeness (QED) is 0.659. The lowest BCUT2D eigenvalue weighted by Crippen LogP contribution is -2.47. The second kappa shape index (κ2) is 9.00. The smallest absolute Gasteiger partial charge is 0.255 e. The van der Waals surface area contributed by atoms with Gasteiger partial charge < -0.3 is 14.9 Å². The number of carbonyl (C=O) groups is 1. The van der Waals surface area contributed by atoms with Crippen molar-refractivity contribution < 1.29 is 14.3 Å². The number of pyridine rings is 1. The standard InChI is InChI=1S/C24H25FN6O2/c1-15-19(8-6-16(11-26)22(15)25)23-20(32)14-31(28-23)21-9-7-17(12-27-21)24(33)30-10-4-5-18(13-30)29(2)3/h6-9,12,14,18,32H,4-5,10,13H2,1-3H3/t18-/m1/s1. The molecule has 0 aliphatic carbocycles. The van der Waals surface area contributed by atoms with E-state index >= 15 is 0 Å². The van der Waals surface area contributed by atoms with Crippen molar-refractivity contribution in [3.8, 4) is 28.9 Å². The summed E-state index contributed by atoms with van der Waals surface area (Å²) in [6.45, 7) is 2.94. The third-order valence-electron chi connectivity index (χ3n) is 6.10. The fourth-order valence-corrected chi connectivity index (χ4v) is 4.09. The molecule has 1 atom stereocenters. The normalized spacial score (nSPS) is 16.1. The number of nitriles is 1. The second-order valence-electron chi connectivity index (χ2n) is 8.43. The molecule has 1 saturated heterocycles. The Bertz CT molecular complexity index is 1230. The maximum Gasteiger partial charge on any atom is 0.255 e. The summed E-state index contributed by atoms with van der Waals surface area (Å²) in [6.07, 6.45) is 4.91. The Morgan fingerprint density at radius 2 is 2.09 bits per heavy atom. The van der Waals surface area contributed by atoms with Crippen LogP contribution in [0.3, 0.4) is 0 Å². The third-order valence-corrected chi connectivity index (χ3v) is 6.10. The second-order valence-corrected chi connectivity index (χ2v) is 8.43. The summed E-state index contributed by atoms with van der Waals surface area (Å²) in [5, 5.41) is 23.8. The SMILES string of the molecule is Cc1c(-c2nn(-c3ccc(C(=O)N4CCC[C@@H](N(C)C)C4)cn3)cc2O)ccc(C#N)c1F. The summed E-state index contributed by atoms with van der Waals surface area (Å²) in [7, 11) is 4.05.